The highest BCUT2D eigenvalue weighted by atomic mass is 16.3. The van der Waals surface area contributed by atoms with Crippen molar-refractivity contribution in [2.45, 2.75) is 81.1 Å². The molecule has 0 aromatic rings. The van der Waals surface area contributed by atoms with Crippen LogP contribution in [0.25, 0.3) is 0 Å². The maximum absolute atomic E-state index is 11.0. The molecule has 3 nitrogen and oxygen atoms in total. The number of nitrogens with zero attached hydrogens (tertiary/aromatic N) is 2. The van der Waals surface area contributed by atoms with Gasteiger partial charge in [0.2, 0.25) is 0 Å². The molecule has 0 heterocycles. The van der Waals surface area contributed by atoms with Gasteiger partial charge in [0, 0.05) is 13.1 Å². The van der Waals surface area contributed by atoms with E-state index in [1.54, 1.807) is 5.01 Å². The molecule has 0 saturated heterocycles. The van der Waals surface area contributed by atoms with Crippen LogP contribution < -0.4 is 0 Å². The SMILES string of the molecule is C[C@H](CCN(CC[C@@H](C)CC(C)(C)C)N=O)CC(C)(C)C. The van der Waals surface area contributed by atoms with Gasteiger partial charge < -0.3 is 0 Å². The summed E-state index contributed by atoms with van der Waals surface area (Å²) in [6.45, 7) is 19.8. The van der Waals surface area contributed by atoms with E-state index >= 15 is 0 Å². The topological polar surface area (TPSA) is 32.7 Å². The highest BCUT2D eigenvalue weighted by Gasteiger charge is 2.18. The molecule has 0 bridgehead atoms. The molecular weight excluding hydrogens is 260 g/mol. The predicted molar refractivity (Wildman–Crippen MR) is 93.1 cm³/mol. The zero-order valence-corrected chi connectivity index (χ0v) is 15.7. The summed E-state index contributed by atoms with van der Waals surface area (Å²) in [5.74, 6) is 1.28. The van der Waals surface area contributed by atoms with Crippen LogP contribution in [0.5, 0.6) is 0 Å². The molecule has 0 amide bonds. The van der Waals surface area contributed by atoms with E-state index in [0.717, 1.165) is 25.9 Å². The van der Waals surface area contributed by atoms with Crippen molar-refractivity contribution in [3.63, 3.8) is 0 Å². The van der Waals surface area contributed by atoms with E-state index in [2.05, 4.69) is 60.7 Å². The van der Waals surface area contributed by atoms with Crippen LogP contribution in [0, 0.1) is 27.6 Å². The van der Waals surface area contributed by atoms with Crippen LogP contribution >= 0.6 is 0 Å². The summed E-state index contributed by atoms with van der Waals surface area (Å²) >= 11 is 0. The fourth-order valence-electron chi connectivity index (χ4n) is 3.23. The highest BCUT2D eigenvalue weighted by Crippen LogP contribution is 2.27. The molecule has 0 N–H and O–H groups in total. The van der Waals surface area contributed by atoms with Gasteiger partial charge in [-0.1, -0.05) is 55.4 Å². The normalized spacial score (nSPS) is 15.6. The summed E-state index contributed by atoms with van der Waals surface area (Å²) in [6, 6.07) is 0. The molecule has 0 fully saturated rings. The first-order chi connectivity index (χ1) is 9.43. The van der Waals surface area contributed by atoms with Gasteiger partial charge in [0.15, 0.2) is 0 Å². The zero-order valence-electron chi connectivity index (χ0n) is 15.7. The lowest BCUT2D eigenvalue weighted by Gasteiger charge is -2.26. The second-order valence-corrected chi connectivity index (χ2v) is 9.35. The third kappa shape index (κ3) is 12.8. The van der Waals surface area contributed by atoms with Gasteiger partial charge in [-0.3, -0.25) is 5.01 Å². The van der Waals surface area contributed by atoms with Crippen LogP contribution in [0.15, 0.2) is 5.29 Å². The molecule has 0 aromatic carbocycles. The van der Waals surface area contributed by atoms with E-state index in [0.29, 0.717) is 22.7 Å². The average molecular weight is 299 g/mol. The molecular formula is C18H38N2O. The Balaban J connectivity index is 4.04. The second-order valence-electron chi connectivity index (χ2n) is 9.35. The van der Waals surface area contributed by atoms with Gasteiger partial charge >= 0.3 is 0 Å². The standard InChI is InChI=1S/C18H38N2O/c1-15(13-17(3,4)5)9-11-20(19-21)12-10-16(2)14-18(6,7)8/h15-16H,9-14H2,1-8H3/t15-,16-/m1/s1. The van der Waals surface area contributed by atoms with Crippen molar-refractivity contribution in [3.8, 4) is 0 Å². The average Bonchev–Trinajstić information content (AvgIpc) is 2.24. The fourth-order valence-corrected chi connectivity index (χ4v) is 3.23. The highest BCUT2D eigenvalue weighted by molar-refractivity contribution is 4.69. The maximum atomic E-state index is 11.0. The molecule has 2 atom stereocenters. The largest absolute Gasteiger partial charge is 0.261 e. The summed E-state index contributed by atoms with van der Waals surface area (Å²) in [7, 11) is 0. The predicted octanol–water partition coefficient (Wildman–Crippen LogP) is 5.89. The zero-order chi connectivity index (χ0) is 16.7. The van der Waals surface area contributed by atoms with Crippen molar-refractivity contribution in [2.24, 2.45) is 28.0 Å². The van der Waals surface area contributed by atoms with Crippen molar-refractivity contribution >= 4 is 0 Å². The Bertz CT molecular complexity index is 263. The number of hydrogen-bond donors (Lipinski definition) is 0. The molecule has 21 heavy (non-hydrogen) atoms. The van der Waals surface area contributed by atoms with E-state index in [1.165, 1.54) is 12.8 Å². The molecule has 0 saturated carbocycles. The van der Waals surface area contributed by atoms with Gasteiger partial charge in [-0.15, -0.1) is 4.91 Å². The minimum atomic E-state index is 0.361. The number of nitroso groups, excluding NO2 is 1. The Labute approximate surface area is 132 Å². The summed E-state index contributed by atoms with van der Waals surface area (Å²) in [5.41, 5.74) is 0.722. The first kappa shape index (κ1) is 20.4. The van der Waals surface area contributed by atoms with Gasteiger partial charge in [0.1, 0.15) is 0 Å². The molecule has 0 aromatic heterocycles. The molecule has 3 heteroatoms. The lowest BCUT2D eigenvalue weighted by molar-refractivity contribution is 0.210. The van der Waals surface area contributed by atoms with Crippen LogP contribution in [0.3, 0.4) is 0 Å². The van der Waals surface area contributed by atoms with Crippen molar-refractivity contribution in [2.75, 3.05) is 13.1 Å². The van der Waals surface area contributed by atoms with Crippen molar-refractivity contribution < 1.29 is 0 Å². The van der Waals surface area contributed by atoms with Crippen LogP contribution in [0.1, 0.15) is 81.1 Å². The third-order valence-electron chi connectivity index (χ3n) is 3.80. The summed E-state index contributed by atoms with van der Waals surface area (Å²) in [4.78, 5) is 11.0. The Morgan fingerprint density at radius 3 is 1.38 bits per heavy atom. The molecule has 0 aliphatic heterocycles. The van der Waals surface area contributed by atoms with E-state index in [9.17, 15) is 4.91 Å². The van der Waals surface area contributed by atoms with Gasteiger partial charge in [0.05, 0.1) is 5.29 Å². The van der Waals surface area contributed by atoms with E-state index in [1.807, 2.05) is 0 Å². The Hall–Kier alpha value is -0.600. The Morgan fingerprint density at radius 2 is 1.14 bits per heavy atom. The summed E-state index contributed by atoms with van der Waals surface area (Å²) < 4.78 is 0. The first-order valence-electron chi connectivity index (χ1n) is 8.51. The Morgan fingerprint density at radius 1 is 0.810 bits per heavy atom. The Kier molecular flexibility index (Phi) is 8.50. The van der Waals surface area contributed by atoms with Crippen LogP contribution in [0.4, 0.5) is 0 Å². The molecule has 0 unspecified atom stereocenters. The quantitative estimate of drug-likeness (QED) is 0.392. The fraction of sp³-hybridized carbons (Fsp3) is 1.00. The summed E-state index contributed by atoms with van der Waals surface area (Å²) in [5, 5.41) is 4.93. The van der Waals surface area contributed by atoms with Gasteiger partial charge in [0.25, 0.3) is 0 Å². The number of hydrogen-bond acceptors (Lipinski definition) is 2. The van der Waals surface area contributed by atoms with Crippen molar-refractivity contribution in [1.29, 1.82) is 0 Å². The van der Waals surface area contributed by atoms with Gasteiger partial charge in [-0.05, 0) is 48.3 Å². The second kappa shape index (κ2) is 8.75. The van der Waals surface area contributed by atoms with Crippen LogP contribution in [-0.2, 0) is 0 Å². The molecule has 0 radical (unpaired) electrons. The van der Waals surface area contributed by atoms with E-state index in [-0.39, 0.29) is 0 Å². The lowest BCUT2D eigenvalue weighted by Crippen LogP contribution is -2.24. The minimum absolute atomic E-state index is 0.361. The van der Waals surface area contributed by atoms with Gasteiger partial charge in [-0.25, -0.2) is 0 Å². The monoisotopic (exact) mass is 298 g/mol. The summed E-state index contributed by atoms with van der Waals surface area (Å²) in [6.07, 6.45) is 4.49. The smallest absolute Gasteiger partial charge is 0.0523 e. The number of rotatable bonds is 9. The molecule has 126 valence electrons. The van der Waals surface area contributed by atoms with Crippen LogP contribution in [0.2, 0.25) is 0 Å². The molecule has 0 aliphatic carbocycles. The van der Waals surface area contributed by atoms with E-state index < -0.39 is 0 Å². The molecule has 0 spiro atoms. The van der Waals surface area contributed by atoms with Gasteiger partial charge in [-0.2, -0.15) is 0 Å². The minimum Gasteiger partial charge on any atom is -0.261 e. The first-order valence-corrected chi connectivity index (χ1v) is 8.51. The lowest BCUT2D eigenvalue weighted by atomic mass is 9.84. The third-order valence-corrected chi connectivity index (χ3v) is 3.80. The molecule has 0 aliphatic rings. The van der Waals surface area contributed by atoms with Crippen molar-refractivity contribution in [1.82, 2.24) is 5.01 Å². The van der Waals surface area contributed by atoms with E-state index in [4.69, 9.17) is 0 Å². The molecule has 0 rings (SSSR count). The van der Waals surface area contributed by atoms with Crippen LogP contribution in [-0.4, -0.2) is 18.1 Å². The van der Waals surface area contributed by atoms with Crippen molar-refractivity contribution in [3.05, 3.63) is 4.91 Å². The maximum Gasteiger partial charge on any atom is 0.0523 e.